The van der Waals surface area contributed by atoms with Crippen LogP contribution in [0.1, 0.15) is 27.0 Å². The van der Waals surface area contributed by atoms with Crippen LogP contribution in [0.3, 0.4) is 0 Å². The van der Waals surface area contributed by atoms with Gasteiger partial charge in [0.2, 0.25) is 0 Å². The van der Waals surface area contributed by atoms with Crippen LogP contribution >= 0.6 is 0 Å². The predicted molar refractivity (Wildman–Crippen MR) is 81.5 cm³/mol. The maximum Gasteiger partial charge on any atom is 0.196 e. The first-order valence-electron chi connectivity index (χ1n) is 6.49. The number of terminal acetylenes is 1. The molecular weight excluding hydrogens is 264 g/mol. The highest BCUT2D eigenvalue weighted by molar-refractivity contribution is 6.10. The Labute approximate surface area is 124 Å². The van der Waals surface area contributed by atoms with Crippen molar-refractivity contribution in [1.29, 1.82) is 0 Å². The van der Waals surface area contributed by atoms with Gasteiger partial charge in [-0.05, 0) is 25.1 Å². The number of rotatable bonds is 5. The van der Waals surface area contributed by atoms with E-state index in [4.69, 9.17) is 15.9 Å². The molecule has 0 bridgehead atoms. The first-order chi connectivity index (χ1) is 10.2. The largest absolute Gasteiger partial charge is 0.467 e. The van der Waals surface area contributed by atoms with Gasteiger partial charge in [-0.2, -0.15) is 0 Å². The van der Waals surface area contributed by atoms with Crippen molar-refractivity contribution >= 4 is 5.78 Å². The van der Waals surface area contributed by atoms with Crippen LogP contribution in [0.4, 0.5) is 0 Å². The lowest BCUT2D eigenvalue weighted by atomic mass is 9.99. The Morgan fingerprint density at radius 2 is 1.90 bits per heavy atom. The normalized spacial score (nSPS) is 9.95. The van der Waals surface area contributed by atoms with Gasteiger partial charge in [0.25, 0.3) is 0 Å². The number of benzene rings is 2. The molecule has 2 aromatic rings. The summed E-state index contributed by atoms with van der Waals surface area (Å²) in [5.74, 6) is 2.86. The fourth-order valence-corrected chi connectivity index (χ4v) is 1.91. The van der Waals surface area contributed by atoms with Gasteiger partial charge in [-0.25, -0.2) is 0 Å². The van der Waals surface area contributed by atoms with E-state index in [9.17, 15) is 4.79 Å². The van der Waals surface area contributed by atoms with Crippen LogP contribution in [-0.4, -0.2) is 19.7 Å². The zero-order chi connectivity index (χ0) is 15.2. The molecule has 0 aliphatic carbocycles. The van der Waals surface area contributed by atoms with Crippen molar-refractivity contribution in [1.82, 2.24) is 0 Å². The van der Waals surface area contributed by atoms with E-state index in [2.05, 4.69) is 5.92 Å². The molecule has 0 atom stereocenters. The molecule has 2 aromatic carbocycles. The van der Waals surface area contributed by atoms with Gasteiger partial charge in [0.05, 0.1) is 5.56 Å². The Morgan fingerprint density at radius 3 is 2.52 bits per heavy atom. The summed E-state index contributed by atoms with van der Waals surface area (Å²) in [5, 5.41) is 0. The van der Waals surface area contributed by atoms with Crippen LogP contribution in [0.25, 0.3) is 0 Å². The summed E-state index contributed by atoms with van der Waals surface area (Å²) >= 11 is 0. The number of methoxy groups -OCH3 is 1. The molecule has 106 valence electrons. The van der Waals surface area contributed by atoms with Crippen LogP contribution in [-0.2, 0) is 4.74 Å². The maximum atomic E-state index is 12.6. The molecule has 0 fully saturated rings. The fraction of sp³-hybridized carbons (Fsp3) is 0.167. The molecule has 0 heterocycles. The van der Waals surface area contributed by atoms with E-state index in [1.165, 1.54) is 7.11 Å². The van der Waals surface area contributed by atoms with Gasteiger partial charge < -0.3 is 9.47 Å². The minimum Gasteiger partial charge on any atom is -0.467 e. The summed E-state index contributed by atoms with van der Waals surface area (Å²) < 4.78 is 10.3. The molecule has 0 aromatic heterocycles. The Balaban J connectivity index is 2.42. The van der Waals surface area contributed by atoms with Gasteiger partial charge in [0.15, 0.2) is 12.6 Å². The molecule has 21 heavy (non-hydrogen) atoms. The average molecular weight is 280 g/mol. The van der Waals surface area contributed by atoms with Crippen molar-refractivity contribution in [3.63, 3.8) is 0 Å². The second-order valence-corrected chi connectivity index (χ2v) is 4.60. The molecule has 0 saturated carbocycles. The monoisotopic (exact) mass is 280 g/mol. The molecule has 0 aliphatic heterocycles. The molecule has 2 rings (SSSR count). The topological polar surface area (TPSA) is 35.5 Å². The van der Waals surface area contributed by atoms with Crippen LogP contribution in [0.15, 0.2) is 42.5 Å². The van der Waals surface area contributed by atoms with E-state index in [0.29, 0.717) is 22.4 Å². The minimum absolute atomic E-state index is 0.0730. The van der Waals surface area contributed by atoms with Crippen molar-refractivity contribution in [2.75, 3.05) is 13.9 Å². The summed E-state index contributed by atoms with van der Waals surface area (Å²) in [5.41, 5.74) is 2.76. The zero-order valence-electron chi connectivity index (χ0n) is 12.1. The molecule has 3 nitrogen and oxygen atoms in total. The van der Waals surface area contributed by atoms with Crippen LogP contribution in [0.5, 0.6) is 5.75 Å². The van der Waals surface area contributed by atoms with Gasteiger partial charge in [0, 0.05) is 18.2 Å². The number of carbonyl (C=O) groups is 1. The molecule has 3 heteroatoms. The molecule has 0 N–H and O–H groups in total. The number of ketones is 1. The lowest BCUT2D eigenvalue weighted by molar-refractivity contribution is 0.0503. The summed E-state index contributed by atoms with van der Waals surface area (Å²) in [4.78, 5) is 12.6. The number of carbonyl (C=O) groups excluding carboxylic acids is 1. The van der Waals surface area contributed by atoms with Gasteiger partial charge in [-0.15, -0.1) is 6.42 Å². The summed E-state index contributed by atoms with van der Waals surface area (Å²) in [6.07, 6.45) is 5.40. The summed E-state index contributed by atoms with van der Waals surface area (Å²) in [6, 6.07) is 12.5. The maximum absolute atomic E-state index is 12.6. The molecule has 0 radical (unpaired) electrons. The van der Waals surface area contributed by atoms with Gasteiger partial charge in [0.1, 0.15) is 5.75 Å². The Bertz CT molecular complexity index is 679. The third-order valence-electron chi connectivity index (χ3n) is 3.04. The van der Waals surface area contributed by atoms with Crippen molar-refractivity contribution < 1.29 is 14.3 Å². The van der Waals surface area contributed by atoms with Crippen molar-refractivity contribution in [2.24, 2.45) is 0 Å². The van der Waals surface area contributed by atoms with Crippen molar-refractivity contribution in [3.05, 3.63) is 64.7 Å². The van der Waals surface area contributed by atoms with Gasteiger partial charge in [-0.1, -0.05) is 35.7 Å². The highest BCUT2D eigenvalue weighted by Crippen LogP contribution is 2.23. The van der Waals surface area contributed by atoms with E-state index in [1.807, 2.05) is 19.1 Å². The van der Waals surface area contributed by atoms with Crippen molar-refractivity contribution in [3.8, 4) is 18.1 Å². The third kappa shape index (κ3) is 3.50. The lowest BCUT2D eigenvalue weighted by Gasteiger charge is -2.11. The third-order valence-corrected chi connectivity index (χ3v) is 3.04. The quantitative estimate of drug-likeness (QED) is 0.479. The van der Waals surface area contributed by atoms with Crippen LogP contribution in [0.2, 0.25) is 0 Å². The van der Waals surface area contributed by atoms with Crippen molar-refractivity contribution in [2.45, 2.75) is 6.92 Å². The Kier molecular flexibility index (Phi) is 4.76. The summed E-state index contributed by atoms with van der Waals surface area (Å²) in [6.45, 7) is 2.05. The predicted octanol–water partition coefficient (Wildman–Crippen LogP) is 3.19. The number of aryl methyl sites for hydroxylation is 1. The first-order valence-corrected chi connectivity index (χ1v) is 6.49. The number of ether oxygens (including phenoxy) is 2. The fourth-order valence-electron chi connectivity index (χ4n) is 1.91. The summed E-state index contributed by atoms with van der Waals surface area (Å²) in [7, 11) is 1.53. The number of hydrogen-bond donors (Lipinski definition) is 0. The molecule has 0 unspecified atom stereocenters. The molecule has 0 amide bonds. The van der Waals surface area contributed by atoms with E-state index in [0.717, 1.165) is 5.56 Å². The zero-order valence-corrected chi connectivity index (χ0v) is 12.1. The van der Waals surface area contributed by atoms with Gasteiger partial charge in [-0.3, -0.25) is 4.79 Å². The SMILES string of the molecule is C#Cc1ccc(OCOC)c(C(=O)c2ccc(C)cc2)c1. The standard InChI is InChI=1S/C18H16O3/c1-4-14-7-10-17(21-12-20-3)16(11-14)18(19)15-8-5-13(2)6-9-15/h1,5-11H,12H2,2-3H3. The van der Waals surface area contributed by atoms with Crippen LogP contribution in [0, 0.1) is 19.3 Å². The van der Waals surface area contributed by atoms with E-state index in [1.54, 1.807) is 30.3 Å². The molecule has 0 spiro atoms. The minimum atomic E-state index is -0.127. The molecular formula is C18H16O3. The van der Waals surface area contributed by atoms with Gasteiger partial charge >= 0.3 is 0 Å². The van der Waals surface area contributed by atoms with Crippen LogP contribution < -0.4 is 4.74 Å². The second-order valence-electron chi connectivity index (χ2n) is 4.60. The average Bonchev–Trinajstić information content (AvgIpc) is 2.53. The molecule has 0 aliphatic rings. The highest BCUT2D eigenvalue weighted by Gasteiger charge is 2.15. The molecule has 0 saturated heterocycles. The van der Waals surface area contributed by atoms with E-state index < -0.39 is 0 Å². The van der Waals surface area contributed by atoms with E-state index >= 15 is 0 Å². The Hall–Kier alpha value is -2.57. The smallest absolute Gasteiger partial charge is 0.196 e. The first kappa shape index (κ1) is 14.8. The second kappa shape index (κ2) is 6.74. The van der Waals surface area contributed by atoms with E-state index in [-0.39, 0.29) is 12.6 Å². The Morgan fingerprint density at radius 1 is 1.19 bits per heavy atom. The highest BCUT2D eigenvalue weighted by atomic mass is 16.7. The lowest BCUT2D eigenvalue weighted by Crippen LogP contribution is -2.07. The number of hydrogen-bond acceptors (Lipinski definition) is 3.